The molecule has 2 aliphatic heterocycles. The summed E-state index contributed by atoms with van der Waals surface area (Å²) < 4.78 is 11.4. The molecule has 5 rings (SSSR count). The molecule has 2 atom stereocenters. The minimum absolute atomic E-state index is 0.0479. The number of hydrogen-bond donors (Lipinski definition) is 1. The van der Waals surface area contributed by atoms with Crippen LogP contribution in [0.4, 0.5) is 0 Å². The van der Waals surface area contributed by atoms with E-state index in [1.54, 1.807) is 11.3 Å². The molecule has 0 bridgehead atoms. The normalized spacial score (nSPS) is 19.2. The Morgan fingerprint density at radius 1 is 1.06 bits per heavy atom. The Morgan fingerprint density at radius 2 is 1.90 bits per heavy atom. The second-order valence-corrected chi connectivity index (χ2v) is 8.94. The first-order valence-corrected chi connectivity index (χ1v) is 11.7. The first-order chi connectivity index (χ1) is 15.3. The number of ether oxygens (including phenoxy) is 2. The lowest BCUT2D eigenvalue weighted by Gasteiger charge is -2.27. The summed E-state index contributed by atoms with van der Waals surface area (Å²) in [5.41, 5.74) is 2.29. The molecule has 1 amide bonds. The van der Waals surface area contributed by atoms with E-state index in [4.69, 9.17) is 9.47 Å². The average Bonchev–Trinajstić information content (AvgIpc) is 3.50. The molecule has 0 saturated carbocycles. The van der Waals surface area contributed by atoms with Crippen LogP contribution in [0, 0.1) is 0 Å². The minimum Gasteiger partial charge on any atom is -0.486 e. The molecular formula is C25H26N2O3S. The van der Waals surface area contributed by atoms with Crippen molar-refractivity contribution in [2.75, 3.05) is 26.3 Å². The second-order valence-electron chi connectivity index (χ2n) is 7.96. The Bertz CT molecular complexity index is 1020. The predicted octanol–water partition coefficient (Wildman–Crippen LogP) is 4.56. The highest BCUT2D eigenvalue weighted by atomic mass is 32.1. The van der Waals surface area contributed by atoms with E-state index in [0.29, 0.717) is 19.8 Å². The van der Waals surface area contributed by atoms with Crippen molar-refractivity contribution in [3.05, 3.63) is 82.0 Å². The Hall–Kier alpha value is -2.83. The standard InChI is InChI=1S/C25H26N2O3S/c28-24(26-25(23-9-5-15-31-23)18-6-2-1-3-7-18)17-27-12-4-8-20(27)19-10-11-21-22(16-19)30-14-13-29-21/h1-3,5-7,9-11,15-16,20,25H,4,8,12-14,17H2,(H,26,28)/t20-,25-/m0/s1. The van der Waals surface area contributed by atoms with Crippen molar-refractivity contribution >= 4 is 17.2 Å². The number of benzene rings is 2. The van der Waals surface area contributed by atoms with E-state index in [1.807, 2.05) is 30.3 Å². The largest absolute Gasteiger partial charge is 0.486 e. The van der Waals surface area contributed by atoms with Crippen LogP contribution in [0.25, 0.3) is 0 Å². The molecule has 3 aromatic rings. The van der Waals surface area contributed by atoms with Gasteiger partial charge in [0.2, 0.25) is 5.91 Å². The molecule has 0 unspecified atom stereocenters. The maximum Gasteiger partial charge on any atom is 0.234 e. The number of amides is 1. The van der Waals surface area contributed by atoms with E-state index in [0.717, 1.165) is 41.3 Å². The number of thiophene rings is 1. The molecule has 1 saturated heterocycles. The van der Waals surface area contributed by atoms with Gasteiger partial charge in [-0.1, -0.05) is 42.5 Å². The van der Waals surface area contributed by atoms with E-state index < -0.39 is 0 Å². The van der Waals surface area contributed by atoms with Crippen LogP contribution in [0.5, 0.6) is 11.5 Å². The monoisotopic (exact) mass is 434 g/mol. The Labute approximate surface area is 186 Å². The van der Waals surface area contributed by atoms with Gasteiger partial charge in [0.15, 0.2) is 11.5 Å². The van der Waals surface area contributed by atoms with Gasteiger partial charge in [-0.3, -0.25) is 9.69 Å². The number of likely N-dealkylation sites (tertiary alicyclic amines) is 1. The van der Waals surface area contributed by atoms with Gasteiger partial charge < -0.3 is 14.8 Å². The van der Waals surface area contributed by atoms with Crippen LogP contribution in [0.15, 0.2) is 66.0 Å². The van der Waals surface area contributed by atoms with Crippen LogP contribution >= 0.6 is 11.3 Å². The lowest BCUT2D eigenvalue weighted by molar-refractivity contribution is -0.123. The fourth-order valence-corrected chi connectivity index (χ4v) is 5.27. The fourth-order valence-electron chi connectivity index (χ4n) is 4.47. The Kier molecular flexibility index (Phi) is 5.91. The minimum atomic E-state index is -0.121. The second kappa shape index (κ2) is 9.12. The van der Waals surface area contributed by atoms with Gasteiger partial charge in [0.25, 0.3) is 0 Å². The van der Waals surface area contributed by atoms with Gasteiger partial charge in [0, 0.05) is 10.9 Å². The molecule has 2 aromatic carbocycles. The molecule has 5 nitrogen and oxygen atoms in total. The third-order valence-corrected chi connectivity index (χ3v) is 6.86. The van der Waals surface area contributed by atoms with Gasteiger partial charge in [-0.15, -0.1) is 11.3 Å². The average molecular weight is 435 g/mol. The molecule has 0 aliphatic carbocycles. The van der Waals surface area contributed by atoms with Crippen molar-refractivity contribution in [2.45, 2.75) is 24.9 Å². The quantitative estimate of drug-likeness (QED) is 0.618. The zero-order valence-corrected chi connectivity index (χ0v) is 18.1. The summed E-state index contributed by atoms with van der Waals surface area (Å²) in [6.07, 6.45) is 2.12. The van der Waals surface area contributed by atoms with Gasteiger partial charge in [-0.25, -0.2) is 0 Å². The van der Waals surface area contributed by atoms with Crippen molar-refractivity contribution in [3.63, 3.8) is 0 Å². The van der Waals surface area contributed by atoms with E-state index >= 15 is 0 Å². The molecule has 2 aliphatic rings. The molecule has 0 spiro atoms. The summed E-state index contributed by atoms with van der Waals surface area (Å²) in [5, 5.41) is 5.32. The number of rotatable bonds is 6. The summed E-state index contributed by atoms with van der Waals surface area (Å²) in [5.74, 6) is 1.66. The first kappa shape index (κ1) is 20.1. The van der Waals surface area contributed by atoms with Crippen molar-refractivity contribution in [2.24, 2.45) is 0 Å². The molecule has 160 valence electrons. The summed E-state index contributed by atoms with van der Waals surface area (Å²) in [4.78, 5) is 16.5. The van der Waals surface area contributed by atoms with Gasteiger partial charge in [0.1, 0.15) is 13.2 Å². The van der Waals surface area contributed by atoms with Crippen molar-refractivity contribution in [3.8, 4) is 11.5 Å². The molecule has 1 N–H and O–H groups in total. The van der Waals surface area contributed by atoms with Crippen LogP contribution in [-0.4, -0.2) is 37.1 Å². The molecule has 0 radical (unpaired) electrons. The van der Waals surface area contributed by atoms with Gasteiger partial charge >= 0.3 is 0 Å². The molecule has 3 heterocycles. The number of fused-ring (bicyclic) bond motifs is 1. The maximum atomic E-state index is 13.1. The van der Waals surface area contributed by atoms with Crippen LogP contribution in [0.3, 0.4) is 0 Å². The highest BCUT2D eigenvalue weighted by Crippen LogP contribution is 2.38. The van der Waals surface area contributed by atoms with E-state index in [2.05, 4.69) is 45.9 Å². The maximum absolute atomic E-state index is 13.1. The zero-order chi connectivity index (χ0) is 21.0. The lowest BCUT2D eigenvalue weighted by atomic mass is 10.0. The summed E-state index contributed by atoms with van der Waals surface area (Å²) >= 11 is 1.67. The molecule has 6 heteroatoms. The van der Waals surface area contributed by atoms with Gasteiger partial charge in [-0.2, -0.15) is 0 Å². The van der Waals surface area contributed by atoms with Crippen molar-refractivity contribution in [1.29, 1.82) is 0 Å². The molecule has 1 aromatic heterocycles. The number of hydrogen-bond acceptors (Lipinski definition) is 5. The first-order valence-electron chi connectivity index (χ1n) is 10.8. The smallest absolute Gasteiger partial charge is 0.234 e. The summed E-state index contributed by atoms with van der Waals surface area (Å²) in [6, 6.07) is 20.5. The lowest BCUT2D eigenvalue weighted by Crippen LogP contribution is -2.38. The van der Waals surface area contributed by atoms with Crippen LogP contribution in [-0.2, 0) is 4.79 Å². The van der Waals surface area contributed by atoms with Gasteiger partial charge in [-0.05, 0) is 54.1 Å². The molecule has 1 fully saturated rings. The number of carbonyl (C=O) groups excluding carboxylic acids is 1. The van der Waals surface area contributed by atoms with E-state index in [1.165, 1.54) is 5.56 Å². The van der Waals surface area contributed by atoms with E-state index in [-0.39, 0.29) is 18.0 Å². The number of nitrogens with zero attached hydrogens (tertiary/aromatic N) is 1. The molecule has 31 heavy (non-hydrogen) atoms. The van der Waals surface area contributed by atoms with Gasteiger partial charge in [0.05, 0.1) is 12.6 Å². The zero-order valence-electron chi connectivity index (χ0n) is 17.3. The number of carbonyl (C=O) groups is 1. The predicted molar refractivity (Wildman–Crippen MR) is 122 cm³/mol. The SMILES string of the molecule is O=C(CN1CCC[C@H]1c1ccc2c(c1)OCCO2)N[C@@H](c1ccccc1)c1cccs1. The number of nitrogens with one attached hydrogen (secondary N) is 1. The molecular weight excluding hydrogens is 408 g/mol. The van der Waals surface area contributed by atoms with Crippen LogP contribution < -0.4 is 14.8 Å². The van der Waals surface area contributed by atoms with Crippen LogP contribution in [0.1, 0.15) is 40.9 Å². The highest BCUT2D eigenvalue weighted by molar-refractivity contribution is 7.10. The van der Waals surface area contributed by atoms with E-state index in [9.17, 15) is 4.79 Å². The third kappa shape index (κ3) is 4.45. The Morgan fingerprint density at radius 3 is 2.71 bits per heavy atom. The topological polar surface area (TPSA) is 50.8 Å². The van der Waals surface area contributed by atoms with Crippen LogP contribution in [0.2, 0.25) is 0 Å². The fraction of sp³-hybridized carbons (Fsp3) is 0.320. The van der Waals surface area contributed by atoms with Crippen molar-refractivity contribution < 1.29 is 14.3 Å². The summed E-state index contributed by atoms with van der Waals surface area (Å²) in [6.45, 7) is 2.47. The Balaban J connectivity index is 1.30. The highest BCUT2D eigenvalue weighted by Gasteiger charge is 2.29. The third-order valence-electron chi connectivity index (χ3n) is 5.93. The van der Waals surface area contributed by atoms with Crippen molar-refractivity contribution in [1.82, 2.24) is 10.2 Å². The summed E-state index contributed by atoms with van der Waals surface area (Å²) in [7, 11) is 0.